The highest BCUT2D eigenvalue weighted by atomic mass is 127. The van der Waals surface area contributed by atoms with Crippen LogP contribution in [0.3, 0.4) is 0 Å². The topological polar surface area (TPSA) is 43.4 Å². The van der Waals surface area contributed by atoms with Crippen LogP contribution in [0.2, 0.25) is 0 Å². The molecule has 0 aliphatic rings. The molecule has 0 aliphatic heterocycles. The molecule has 0 saturated heterocycles. The van der Waals surface area contributed by atoms with Crippen LogP contribution in [0.1, 0.15) is 0 Å². The number of hydrogen-bond donors (Lipinski definition) is 0. The normalized spacial score (nSPS) is 11.3. The molecule has 0 bridgehead atoms. The first kappa shape index (κ1) is 11.5. The van der Waals surface area contributed by atoms with E-state index in [1.165, 1.54) is 0 Å². The van der Waals surface area contributed by atoms with Gasteiger partial charge in [0.2, 0.25) is 0 Å². The molecule has 0 radical (unpaired) electrons. The van der Waals surface area contributed by atoms with Crippen molar-refractivity contribution in [1.29, 1.82) is 0 Å². The van der Waals surface area contributed by atoms with Gasteiger partial charge in [-0.2, -0.15) is 8.42 Å². The van der Waals surface area contributed by atoms with Crippen molar-refractivity contribution >= 4 is 55.3 Å². The first-order chi connectivity index (χ1) is 5.88. The summed E-state index contributed by atoms with van der Waals surface area (Å²) in [7, 11) is -3.42. The molecule has 1 rings (SSSR count). The molecule has 0 amide bonds. The summed E-state index contributed by atoms with van der Waals surface area (Å²) in [6, 6.07) is 5.29. The van der Waals surface area contributed by atoms with Crippen LogP contribution in [-0.2, 0) is 10.1 Å². The van der Waals surface area contributed by atoms with Crippen molar-refractivity contribution in [1.82, 2.24) is 0 Å². The van der Waals surface area contributed by atoms with Gasteiger partial charge in [-0.15, -0.1) is 0 Å². The summed E-state index contributed by atoms with van der Waals surface area (Å²) >= 11 is 4.18. The maximum atomic E-state index is 10.8. The third kappa shape index (κ3) is 3.98. The maximum Gasteiger partial charge on any atom is 0.306 e. The van der Waals surface area contributed by atoms with Crippen molar-refractivity contribution in [2.45, 2.75) is 0 Å². The molecule has 0 saturated carbocycles. The van der Waals surface area contributed by atoms with Crippen LogP contribution in [0.5, 0.6) is 5.75 Å². The van der Waals surface area contributed by atoms with E-state index in [1.807, 2.05) is 28.7 Å². The Labute approximate surface area is 104 Å². The Morgan fingerprint density at radius 3 is 2.38 bits per heavy atom. The minimum atomic E-state index is -3.42. The average molecular weight is 424 g/mol. The Bertz CT molecular complexity index is 414. The summed E-state index contributed by atoms with van der Waals surface area (Å²) in [6.45, 7) is 0. The smallest absolute Gasteiger partial charge is 0.306 e. The van der Waals surface area contributed by atoms with Gasteiger partial charge in [-0.05, 0) is 63.4 Å². The molecule has 0 heterocycles. The largest absolute Gasteiger partial charge is 0.381 e. The van der Waals surface area contributed by atoms with Gasteiger partial charge >= 0.3 is 10.1 Å². The summed E-state index contributed by atoms with van der Waals surface area (Å²) in [5, 5.41) is 0. The zero-order chi connectivity index (χ0) is 10.1. The molecule has 0 N–H and O–H groups in total. The fourth-order valence-electron chi connectivity index (χ4n) is 0.706. The second kappa shape index (κ2) is 4.30. The lowest BCUT2D eigenvalue weighted by atomic mass is 10.3. The molecule has 1 aromatic carbocycles. The van der Waals surface area contributed by atoms with Crippen molar-refractivity contribution in [2.24, 2.45) is 0 Å². The van der Waals surface area contributed by atoms with Gasteiger partial charge in [0.15, 0.2) is 5.75 Å². The quantitative estimate of drug-likeness (QED) is 0.541. The van der Waals surface area contributed by atoms with E-state index < -0.39 is 10.1 Å². The summed E-state index contributed by atoms with van der Waals surface area (Å²) in [5.41, 5.74) is 0. The fraction of sp³-hybridized carbons (Fsp3) is 0.143. The first-order valence-corrected chi connectivity index (χ1v) is 7.20. The van der Waals surface area contributed by atoms with Crippen LogP contribution in [0.15, 0.2) is 18.2 Å². The van der Waals surface area contributed by atoms with Crippen molar-refractivity contribution in [3.63, 3.8) is 0 Å². The van der Waals surface area contributed by atoms with Gasteiger partial charge in [0.05, 0.1) is 9.83 Å². The van der Waals surface area contributed by atoms with Crippen LogP contribution >= 0.6 is 45.2 Å². The monoisotopic (exact) mass is 424 g/mol. The summed E-state index contributed by atoms with van der Waals surface area (Å²) < 4.78 is 28.2. The molecule has 0 atom stereocenters. The molecular formula is C7H6I2O3S. The van der Waals surface area contributed by atoms with Crippen molar-refractivity contribution in [3.8, 4) is 5.75 Å². The zero-order valence-electron chi connectivity index (χ0n) is 6.62. The van der Waals surface area contributed by atoms with Crippen LogP contribution in [0, 0.1) is 7.14 Å². The molecule has 0 aliphatic carbocycles. The average Bonchev–Trinajstić information content (AvgIpc) is 1.93. The van der Waals surface area contributed by atoms with Gasteiger partial charge in [-0.1, -0.05) is 0 Å². The minimum absolute atomic E-state index is 0.378. The van der Waals surface area contributed by atoms with Gasteiger partial charge < -0.3 is 4.18 Å². The fourth-order valence-corrected chi connectivity index (χ4v) is 3.04. The van der Waals surface area contributed by atoms with E-state index in [4.69, 9.17) is 4.18 Å². The van der Waals surface area contributed by atoms with Gasteiger partial charge in [0.1, 0.15) is 0 Å². The second-order valence-corrected chi connectivity index (χ2v) is 6.34. The molecule has 0 spiro atoms. The molecular weight excluding hydrogens is 418 g/mol. The number of hydrogen-bond acceptors (Lipinski definition) is 3. The highest BCUT2D eigenvalue weighted by molar-refractivity contribution is 14.1. The van der Waals surface area contributed by atoms with Gasteiger partial charge in [-0.3, -0.25) is 0 Å². The predicted molar refractivity (Wildman–Crippen MR) is 67.3 cm³/mol. The van der Waals surface area contributed by atoms with E-state index >= 15 is 0 Å². The van der Waals surface area contributed by atoms with E-state index in [0.29, 0.717) is 5.75 Å². The van der Waals surface area contributed by atoms with Gasteiger partial charge in [0.25, 0.3) is 0 Å². The SMILES string of the molecule is CS(=O)(=O)Oc1ccc(I)cc1I. The highest BCUT2D eigenvalue weighted by Gasteiger charge is 2.07. The summed E-state index contributed by atoms with van der Waals surface area (Å²) in [6.07, 6.45) is 1.03. The molecule has 6 heteroatoms. The predicted octanol–water partition coefficient (Wildman–Crippen LogP) is 2.23. The third-order valence-corrected chi connectivity index (χ3v) is 3.13. The van der Waals surface area contributed by atoms with Gasteiger partial charge in [-0.25, -0.2) is 0 Å². The van der Waals surface area contributed by atoms with E-state index in [0.717, 1.165) is 13.4 Å². The first-order valence-electron chi connectivity index (χ1n) is 3.23. The maximum absolute atomic E-state index is 10.8. The number of benzene rings is 1. The van der Waals surface area contributed by atoms with Crippen molar-refractivity contribution in [3.05, 3.63) is 25.3 Å². The number of rotatable bonds is 2. The Balaban J connectivity index is 3.04. The lowest BCUT2D eigenvalue weighted by molar-refractivity contribution is 0.491. The van der Waals surface area contributed by atoms with Crippen LogP contribution < -0.4 is 4.18 Å². The van der Waals surface area contributed by atoms with Crippen molar-refractivity contribution in [2.75, 3.05) is 6.26 Å². The van der Waals surface area contributed by atoms with E-state index in [2.05, 4.69) is 22.6 Å². The lowest BCUT2D eigenvalue weighted by Crippen LogP contribution is -2.06. The Morgan fingerprint density at radius 1 is 1.31 bits per heavy atom. The molecule has 13 heavy (non-hydrogen) atoms. The lowest BCUT2D eigenvalue weighted by Gasteiger charge is -2.04. The minimum Gasteiger partial charge on any atom is -0.381 e. The highest BCUT2D eigenvalue weighted by Crippen LogP contribution is 2.23. The molecule has 1 aromatic rings. The summed E-state index contributed by atoms with van der Waals surface area (Å²) in [5.74, 6) is 0.378. The van der Waals surface area contributed by atoms with Crippen molar-refractivity contribution < 1.29 is 12.6 Å². The third-order valence-electron chi connectivity index (χ3n) is 1.14. The molecule has 3 nitrogen and oxygen atoms in total. The van der Waals surface area contributed by atoms with Crippen LogP contribution in [-0.4, -0.2) is 14.7 Å². The molecule has 0 fully saturated rings. The van der Waals surface area contributed by atoms with Crippen LogP contribution in [0.4, 0.5) is 0 Å². The van der Waals surface area contributed by atoms with Gasteiger partial charge in [0, 0.05) is 3.57 Å². The molecule has 72 valence electrons. The number of halogens is 2. The second-order valence-electron chi connectivity index (χ2n) is 2.36. The van der Waals surface area contributed by atoms with E-state index in [-0.39, 0.29) is 0 Å². The van der Waals surface area contributed by atoms with Crippen LogP contribution in [0.25, 0.3) is 0 Å². The van der Waals surface area contributed by atoms with E-state index in [1.54, 1.807) is 12.1 Å². The Morgan fingerprint density at radius 2 is 1.92 bits per heavy atom. The molecule has 0 aromatic heterocycles. The zero-order valence-corrected chi connectivity index (χ0v) is 11.8. The summed E-state index contributed by atoms with van der Waals surface area (Å²) in [4.78, 5) is 0. The van der Waals surface area contributed by atoms with E-state index in [9.17, 15) is 8.42 Å². The Hall–Kier alpha value is 0.430. The Kier molecular flexibility index (Phi) is 3.81. The molecule has 0 unspecified atom stereocenters. The standard InChI is InChI=1S/C7H6I2O3S/c1-13(10,11)12-7-3-2-5(8)4-6(7)9/h2-4H,1H3.